The van der Waals surface area contributed by atoms with Crippen LogP contribution in [0, 0.1) is 5.92 Å². The number of nitrogens with one attached hydrogen (secondary N) is 1. The summed E-state index contributed by atoms with van der Waals surface area (Å²) in [7, 11) is 2.16. The van der Waals surface area contributed by atoms with Gasteiger partial charge in [0.25, 0.3) is 0 Å². The van der Waals surface area contributed by atoms with E-state index >= 15 is 0 Å². The molecule has 0 aromatic heterocycles. The Morgan fingerprint density at radius 2 is 1.86 bits per heavy atom. The molecular formula is C19H30N2. The molecule has 116 valence electrons. The fourth-order valence-electron chi connectivity index (χ4n) is 4.22. The first-order chi connectivity index (χ1) is 10.4. The van der Waals surface area contributed by atoms with Crippen molar-refractivity contribution in [3.63, 3.8) is 0 Å². The molecule has 1 aliphatic carbocycles. The lowest BCUT2D eigenvalue weighted by Gasteiger charge is -2.34. The quantitative estimate of drug-likeness (QED) is 0.909. The summed E-state index contributed by atoms with van der Waals surface area (Å²) in [6, 6.07) is 9.69. The van der Waals surface area contributed by atoms with E-state index in [1.165, 1.54) is 58.0 Å². The average Bonchev–Trinajstić information content (AvgIpc) is 2.75. The van der Waals surface area contributed by atoms with Gasteiger partial charge >= 0.3 is 0 Å². The van der Waals surface area contributed by atoms with Crippen molar-refractivity contribution in [2.24, 2.45) is 5.92 Å². The third kappa shape index (κ3) is 3.87. The van der Waals surface area contributed by atoms with Gasteiger partial charge in [0.2, 0.25) is 0 Å². The van der Waals surface area contributed by atoms with Crippen molar-refractivity contribution in [1.29, 1.82) is 0 Å². The number of nitrogens with zero attached hydrogens (tertiary/aromatic N) is 1. The topological polar surface area (TPSA) is 15.3 Å². The molecule has 1 N–H and O–H groups in total. The van der Waals surface area contributed by atoms with Crippen LogP contribution in [-0.2, 0) is 13.0 Å². The first-order valence-electron chi connectivity index (χ1n) is 8.83. The number of hydrogen-bond donors (Lipinski definition) is 1. The fraction of sp³-hybridized carbons (Fsp3) is 0.684. The molecule has 21 heavy (non-hydrogen) atoms. The van der Waals surface area contributed by atoms with Crippen LogP contribution in [-0.4, -0.2) is 31.1 Å². The molecule has 1 atom stereocenters. The molecule has 0 spiro atoms. The van der Waals surface area contributed by atoms with Crippen molar-refractivity contribution in [3.05, 3.63) is 35.4 Å². The minimum Gasteiger partial charge on any atom is -0.315 e. The Bertz CT molecular complexity index is 437. The van der Waals surface area contributed by atoms with Gasteiger partial charge in [0.05, 0.1) is 0 Å². The molecule has 2 aliphatic rings. The van der Waals surface area contributed by atoms with Crippen LogP contribution in [0.4, 0.5) is 0 Å². The van der Waals surface area contributed by atoms with Gasteiger partial charge in [-0.25, -0.2) is 0 Å². The number of fused-ring (bicyclic) bond motifs is 1. The molecule has 0 saturated heterocycles. The van der Waals surface area contributed by atoms with Crippen molar-refractivity contribution in [1.82, 2.24) is 10.2 Å². The van der Waals surface area contributed by atoms with Gasteiger partial charge in [-0.15, -0.1) is 0 Å². The molecule has 1 aliphatic heterocycles. The van der Waals surface area contributed by atoms with Crippen LogP contribution >= 0.6 is 0 Å². The van der Waals surface area contributed by atoms with Crippen LogP contribution in [0.15, 0.2) is 24.3 Å². The number of likely N-dealkylation sites (N-methyl/N-ethyl adjacent to an activating group) is 1. The number of aryl methyl sites for hydroxylation is 1. The minimum atomic E-state index is 0.676. The summed E-state index contributed by atoms with van der Waals surface area (Å²) in [5, 5.41) is 3.62. The average molecular weight is 286 g/mol. The van der Waals surface area contributed by atoms with E-state index in [-0.39, 0.29) is 0 Å². The Morgan fingerprint density at radius 3 is 2.62 bits per heavy atom. The van der Waals surface area contributed by atoms with Crippen LogP contribution in [0.2, 0.25) is 0 Å². The highest BCUT2D eigenvalue weighted by Gasteiger charge is 2.25. The highest BCUT2D eigenvalue weighted by molar-refractivity contribution is 5.28. The maximum Gasteiger partial charge on any atom is 0.0237 e. The summed E-state index contributed by atoms with van der Waals surface area (Å²) in [5.41, 5.74) is 3.12. The highest BCUT2D eigenvalue weighted by atomic mass is 15.1. The molecule has 1 aromatic carbocycles. The number of hydrogen-bond acceptors (Lipinski definition) is 2. The molecule has 0 radical (unpaired) electrons. The molecule has 2 heteroatoms. The predicted octanol–water partition coefficient (Wildman–Crippen LogP) is 3.60. The first kappa shape index (κ1) is 15.1. The molecule has 0 amide bonds. The molecular weight excluding hydrogens is 256 g/mol. The molecule has 1 saturated carbocycles. The Hall–Kier alpha value is -0.860. The summed E-state index contributed by atoms with van der Waals surface area (Å²) < 4.78 is 0. The van der Waals surface area contributed by atoms with E-state index in [4.69, 9.17) is 0 Å². The Morgan fingerprint density at radius 1 is 1.10 bits per heavy atom. The van der Waals surface area contributed by atoms with Gasteiger partial charge in [-0.1, -0.05) is 43.5 Å². The zero-order valence-corrected chi connectivity index (χ0v) is 13.5. The lowest BCUT2D eigenvalue weighted by atomic mass is 9.83. The van der Waals surface area contributed by atoms with E-state index in [0.717, 1.165) is 12.5 Å². The maximum absolute atomic E-state index is 3.62. The van der Waals surface area contributed by atoms with Crippen molar-refractivity contribution in [2.45, 2.75) is 57.5 Å². The lowest BCUT2D eigenvalue weighted by Crippen LogP contribution is -2.44. The molecule has 3 rings (SSSR count). The van der Waals surface area contributed by atoms with Crippen LogP contribution in [0.1, 0.15) is 49.7 Å². The molecule has 0 bridgehead atoms. The molecule has 1 fully saturated rings. The monoisotopic (exact) mass is 286 g/mol. The second-order valence-corrected chi connectivity index (χ2v) is 6.90. The van der Waals surface area contributed by atoms with Crippen molar-refractivity contribution < 1.29 is 0 Å². The van der Waals surface area contributed by atoms with Gasteiger partial charge in [0.1, 0.15) is 0 Å². The van der Waals surface area contributed by atoms with E-state index in [1.807, 2.05) is 0 Å². The second kappa shape index (κ2) is 7.42. The van der Waals surface area contributed by atoms with Gasteiger partial charge in [-0.2, -0.15) is 0 Å². The van der Waals surface area contributed by atoms with Crippen molar-refractivity contribution in [2.75, 3.05) is 20.1 Å². The second-order valence-electron chi connectivity index (χ2n) is 6.90. The van der Waals surface area contributed by atoms with E-state index in [9.17, 15) is 0 Å². The van der Waals surface area contributed by atoms with Crippen LogP contribution in [0.5, 0.6) is 0 Å². The normalized spacial score (nSPS) is 22.5. The zero-order valence-electron chi connectivity index (χ0n) is 13.5. The fourth-order valence-corrected chi connectivity index (χ4v) is 4.22. The number of benzene rings is 1. The summed E-state index contributed by atoms with van der Waals surface area (Å²) in [5.74, 6) is 0.891. The number of rotatable bonds is 4. The van der Waals surface area contributed by atoms with Crippen molar-refractivity contribution in [3.8, 4) is 0 Å². The molecule has 1 aromatic rings. The maximum atomic E-state index is 3.62. The summed E-state index contributed by atoms with van der Waals surface area (Å²) >= 11 is 0. The Labute approximate surface area is 129 Å². The van der Waals surface area contributed by atoms with E-state index in [0.29, 0.717) is 6.04 Å². The largest absolute Gasteiger partial charge is 0.315 e. The summed E-state index contributed by atoms with van der Waals surface area (Å²) in [6.07, 6.45) is 9.73. The third-order valence-corrected chi connectivity index (χ3v) is 5.48. The zero-order chi connectivity index (χ0) is 14.5. The van der Waals surface area contributed by atoms with Crippen LogP contribution in [0.3, 0.4) is 0 Å². The van der Waals surface area contributed by atoms with Crippen LogP contribution in [0.25, 0.3) is 0 Å². The van der Waals surface area contributed by atoms with Gasteiger partial charge in [-0.05, 0) is 56.3 Å². The third-order valence-electron chi connectivity index (χ3n) is 5.48. The van der Waals surface area contributed by atoms with Gasteiger partial charge in [0, 0.05) is 19.1 Å². The summed E-state index contributed by atoms with van der Waals surface area (Å²) in [4.78, 5) is 2.68. The summed E-state index contributed by atoms with van der Waals surface area (Å²) in [6.45, 7) is 3.61. The molecule has 1 heterocycles. The SMILES string of the molecule is CNC(CN1CCCc2ccccc2C1)C1CCCCC1. The Balaban J connectivity index is 1.63. The first-order valence-corrected chi connectivity index (χ1v) is 8.83. The lowest BCUT2D eigenvalue weighted by molar-refractivity contribution is 0.185. The predicted molar refractivity (Wildman–Crippen MR) is 89.5 cm³/mol. The molecule has 2 nitrogen and oxygen atoms in total. The standard InChI is InChI=1S/C19H30N2/c1-20-19(17-9-3-2-4-10-17)15-21-13-7-12-16-8-5-6-11-18(16)14-21/h5-6,8,11,17,19-20H,2-4,7,9-10,12-15H2,1H3. The smallest absolute Gasteiger partial charge is 0.0237 e. The van der Waals surface area contributed by atoms with E-state index in [2.05, 4.69) is 41.5 Å². The minimum absolute atomic E-state index is 0.676. The van der Waals surface area contributed by atoms with Crippen molar-refractivity contribution >= 4 is 0 Å². The van der Waals surface area contributed by atoms with E-state index < -0.39 is 0 Å². The van der Waals surface area contributed by atoms with E-state index in [1.54, 1.807) is 11.1 Å². The Kier molecular flexibility index (Phi) is 5.32. The van der Waals surface area contributed by atoms with Gasteiger partial charge < -0.3 is 5.32 Å². The van der Waals surface area contributed by atoms with Gasteiger partial charge in [0.15, 0.2) is 0 Å². The molecule has 1 unspecified atom stereocenters. The van der Waals surface area contributed by atoms with Crippen LogP contribution < -0.4 is 5.32 Å². The van der Waals surface area contributed by atoms with Gasteiger partial charge in [-0.3, -0.25) is 4.90 Å². The highest BCUT2D eigenvalue weighted by Crippen LogP contribution is 2.27.